The van der Waals surface area contributed by atoms with Crippen LogP contribution in [0.25, 0.3) is 0 Å². The van der Waals surface area contributed by atoms with E-state index in [-0.39, 0.29) is 10.8 Å². The largest absolute Gasteiger partial charge is 0.367 e. The average molecular weight is 292 g/mol. The van der Waals surface area contributed by atoms with Crippen LogP contribution < -0.4 is 0 Å². The third-order valence-corrected chi connectivity index (χ3v) is 4.92. The summed E-state index contributed by atoms with van der Waals surface area (Å²) in [7, 11) is 0. The number of aromatic amines is 2. The van der Waals surface area contributed by atoms with Crippen molar-refractivity contribution in [2.75, 3.05) is 0 Å². The molecule has 3 aromatic rings. The molecular formula is C20H24N2. The fourth-order valence-electron chi connectivity index (χ4n) is 3.06. The second-order valence-corrected chi connectivity index (χ2v) is 7.01. The van der Waals surface area contributed by atoms with Crippen LogP contribution in [-0.4, -0.2) is 9.97 Å². The SMILES string of the molecule is CC(C)(c1ccc(C(C)(C)c2ccc[nH]2)cc1)c1cc[nH]c1. The Morgan fingerprint density at radius 2 is 1.32 bits per heavy atom. The van der Waals surface area contributed by atoms with Gasteiger partial charge in [0.05, 0.1) is 0 Å². The molecule has 0 atom stereocenters. The average Bonchev–Trinajstić information content (AvgIpc) is 3.20. The van der Waals surface area contributed by atoms with Crippen LogP contribution in [0, 0.1) is 0 Å². The fraction of sp³-hybridized carbons (Fsp3) is 0.300. The van der Waals surface area contributed by atoms with E-state index in [1.54, 1.807) is 0 Å². The van der Waals surface area contributed by atoms with Crippen LogP contribution in [-0.2, 0) is 10.8 Å². The van der Waals surface area contributed by atoms with E-state index in [9.17, 15) is 0 Å². The topological polar surface area (TPSA) is 31.6 Å². The molecule has 0 saturated carbocycles. The molecule has 0 aliphatic rings. The van der Waals surface area contributed by atoms with Gasteiger partial charge in [0.25, 0.3) is 0 Å². The van der Waals surface area contributed by atoms with E-state index in [0.29, 0.717) is 0 Å². The van der Waals surface area contributed by atoms with Gasteiger partial charge in [0, 0.05) is 35.1 Å². The highest BCUT2D eigenvalue weighted by molar-refractivity contribution is 5.41. The first-order chi connectivity index (χ1) is 10.4. The molecule has 0 radical (unpaired) electrons. The Kier molecular flexibility index (Phi) is 3.48. The molecule has 3 rings (SSSR count). The molecule has 2 heteroatoms. The van der Waals surface area contributed by atoms with Gasteiger partial charge in [-0.3, -0.25) is 0 Å². The molecule has 114 valence electrons. The number of hydrogen-bond donors (Lipinski definition) is 2. The summed E-state index contributed by atoms with van der Waals surface area (Å²) in [4.78, 5) is 6.49. The number of benzene rings is 1. The number of nitrogens with one attached hydrogen (secondary N) is 2. The number of rotatable bonds is 4. The predicted octanol–water partition coefficient (Wildman–Crippen LogP) is 4.99. The monoisotopic (exact) mass is 292 g/mol. The first-order valence-corrected chi connectivity index (χ1v) is 7.80. The molecule has 0 bridgehead atoms. The van der Waals surface area contributed by atoms with Crippen LogP contribution in [0.15, 0.2) is 61.1 Å². The highest BCUT2D eigenvalue weighted by Gasteiger charge is 2.27. The molecule has 2 N–H and O–H groups in total. The number of aromatic nitrogens is 2. The summed E-state index contributed by atoms with van der Waals surface area (Å²) < 4.78 is 0. The van der Waals surface area contributed by atoms with Gasteiger partial charge in [-0.05, 0) is 34.9 Å². The van der Waals surface area contributed by atoms with Gasteiger partial charge < -0.3 is 9.97 Å². The van der Waals surface area contributed by atoms with E-state index in [1.165, 1.54) is 22.4 Å². The van der Waals surface area contributed by atoms with Gasteiger partial charge in [0.15, 0.2) is 0 Å². The summed E-state index contributed by atoms with van der Waals surface area (Å²) in [6.45, 7) is 9.04. The second-order valence-electron chi connectivity index (χ2n) is 7.01. The quantitative estimate of drug-likeness (QED) is 0.678. The van der Waals surface area contributed by atoms with Crippen molar-refractivity contribution in [3.63, 3.8) is 0 Å². The molecule has 2 heterocycles. The molecule has 2 aromatic heterocycles. The number of H-pyrrole nitrogens is 2. The first kappa shape index (κ1) is 14.7. The van der Waals surface area contributed by atoms with Gasteiger partial charge in [-0.15, -0.1) is 0 Å². The molecule has 0 aliphatic carbocycles. The van der Waals surface area contributed by atoms with Gasteiger partial charge in [0.1, 0.15) is 0 Å². The number of hydrogen-bond acceptors (Lipinski definition) is 0. The Hall–Kier alpha value is -2.22. The first-order valence-electron chi connectivity index (χ1n) is 7.80. The molecule has 0 spiro atoms. The lowest BCUT2D eigenvalue weighted by molar-refractivity contribution is 0.614. The summed E-state index contributed by atoms with van der Waals surface area (Å²) in [6.07, 6.45) is 6.05. The summed E-state index contributed by atoms with van der Waals surface area (Å²) in [6, 6.07) is 15.4. The Morgan fingerprint density at radius 1 is 0.682 bits per heavy atom. The molecule has 0 aliphatic heterocycles. The van der Waals surface area contributed by atoms with Gasteiger partial charge in [0.2, 0.25) is 0 Å². The van der Waals surface area contributed by atoms with Crippen molar-refractivity contribution < 1.29 is 0 Å². The molecule has 0 fully saturated rings. The third-order valence-electron chi connectivity index (χ3n) is 4.92. The van der Waals surface area contributed by atoms with E-state index in [1.807, 2.05) is 12.4 Å². The lowest BCUT2D eigenvalue weighted by Gasteiger charge is -2.28. The van der Waals surface area contributed by atoms with E-state index >= 15 is 0 Å². The summed E-state index contributed by atoms with van der Waals surface area (Å²) in [5.74, 6) is 0. The standard InChI is InChI=1S/C20H24N2/c1-19(2,17-11-13-21-14-17)15-7-9-16(10-8-15)20(3,4)18-6-5-12-22-18/h5-14,21-22H,1-4H3. The Labute approximate surface area is 132 Å². The molecule has 22 heavy (non-hydrogen) atoms. The van der Waals surface area contributed by atoms with Gasteiger partial charge in [-0.2, -0.15) is 0 Å². The maximum atomic E-state index is 3.34. The predicted molar refractivity (Wildman–Crippen MR) is 92.3 cm³/mol. The highest BCUT2D eigenvalue weighted by atomic mass is 14.7. The van der Waals surface area contributed by atoms with Crippen molar-refractivity contribution in [3.05, 3.63) is 83.4 Å². The van der Waals surface area contributed by atoms with Crippen molar-refractivity contribution in [1.82, 2.24) is 9.97 Å². The minimum Gasteiger partial charge on any atom is -0.367 e. The highest BCUT2D eigenvalue weighted by Crippen LogP contribution is 2.34. The zero-order valence-electron chi connectivity index (χ0n) is 13.8. The zero-order valence-corrected chi connectivity index (χ0v) is 13.8. The summed E-state index contributed by atoms with van der Waals surface area (Å²) in [5, 5.41) is 0. The van der Waals surface area contributed by atoms with Crippen molar-refractivity contribution in [2.24, 2.45) is 0 Å². The van der Waals surface area contributed by atoms with E-state index in [2.05, 4.69) is 86.3 Å². The lowest BCUT2D eigenvalue weighted by Crippen LogP contribution is -2.21. The Balaban J connectivity index is 1.94. The molecule has 0 amide bonds. The minimum absolute atomic E-state index is 0.00903. The van der Waals surface area contributed by atoms with Crippen molar-refractivity contribution in [1.29, 1.82) is 0 Å². The van der Waals surface area contributed by atoms with Gasteiger partial charge in [-0.25, -0.2) is 0 Å². The third kappa shape index (κ3) is 2.39. The van der Waals surface area contributed by atoms with Crippen LogP contribution in [0.5, 0.6) is 0 Å². The Bertz CT molecular complexity index is 649. The van der Waals surface area contributed by atoms with Crippen LogP contribution >= 0.6 is 0 Å². The van der Waals surface area contributed by atoms with E-state index in [0.717, 1.165) is 0 Å². The van der Waals surface area contributed by atoms with Crippen molar-refractivity contribution in [3.8, 4) is 0 Å². The fourth-order valence-corrected chi connectivity index (χ4v) is 3.06. The molecule has 0 unspecified atom stereocenters. The zero-order chi connectivity index (χ0) is 15.8. The van der Waals surface area contributed by atoms with Gasteiger partial charge in [-0.1, -0.05) is 52.0 Å². The van der Waals surface area contributed by atoms with Gasteiger partial charge >= 0.3 is 0 Å². The summed E-state index contributed by atoms with van der Waals surface area (Å²) in [5.41, 5.74) is 5.20. The van der Waals surface area contributed by atoms with E-state index < -0.39 is 0 Å². The molecule has 1 aromatic carbocycles. The van der Waals surface area contributed by atoms with Crippen molar-refractivity contribution in [2.45, 2.75) is 38.5 Å². The maximum absolute atomic E-state index is 3.34. The molecule has 2 nitrogen and oxygen atoms in total. The second kappa shape index (κ2) is 5.20. The normalized spacial score (nSPS) is 12.5. The van der Waals surface area contributed by atoms with E-state index in [4.69, 9.17) is 0 Å². The molecular weight excluding hydrogens is 268 g/mol. The summed E-state index contributed by atoms with van der Waals surface area (Å²) >= 11 is 0. The van der Waals surface area contributed by atoms with Crippen molar-refractivity contribution >= 4 is 0 Å². The van der Waals surface area contributed by atoms with Crippen LogP contribution in [0.1, 0.15) is 50.1 Å². The smallest absolute Gasteiger partial charge is 0.0297 e. The maximum Gasteiger partial charge on any atom is 0.0297 e. The van der Waals surface area contributed by atoms with Crippen LogP contribution in [0.3, 0.4) is 0 Å². The van der Waals surface area contributed by atoms with Crippen LogP contribution in [0.4, 0.5) is 0 Å². The minimum atomic E-state index is -0.0136. The molecule has 0 saturated heterocycles. The lowest BCUT2D eigenvalue weighted by atomic mass is 9.76. The Morgan fingerprint density at radius 3 is 1.82 bits per heavy atom. The van der Waals surface area contributed by atoms with Crippen LogP contribution in [0.2, 0.25) is 0 Å².